The second kappa shape index (κ2) is 6.30. The minimum Gasteiger partial charge on any atom is -0.335 e. The van der Waals surface area contributed by atoms with E-state index >= 15 is 0 Å². The maximum absolute atomic E-state index is 14.0. The Hall–Kier alpha value is -1.47. The van der Waals surface area contributed by atoms with E-state index in [-0.39, 0.29) is 17.5 Å². The lowest BCUT2D eigenvalue weighted by molar-refractivity contribution is -0.125. The molecule has 0 saturated heterocycles. The summed E-state index contributed by atoms with van der Waals surface area (Å²) >= 11 is 0. The van der Waals surface area contributed by atoms with E-state index in [0.717, 1.165) is 31.7 Å². The van der Waals surface area contributed by atoms with Crippen LogP contribution in [0.25, 0.3) is 0 Å². The van der Waals surface area contributed by atoms with Crippen LogP contribution in [0.15, 0.2) is 29.2 Å². The summed E-state index contributed by atoms with van der Waals surface area (Å²) in [6.45, 7) is 0.219. The molecule has 0 N–H and O–H groups in total. The van der Waals surface area contributed by atoms with Crippen LogP contribution in [-0.4, -0.2) is 49.2 Å². The quantitative estimate of drug-likeness (QED) is 0.684. The summed E-state index contributed by atoms with van der Waals surface area (Å²) in [4.78, 5) is 13.5. The lowest BCUT2D eigenvalue weighted by Crippen LogP contribution is -2.52. The van der Waals surface area contributed by atoms with Gasteiger partial charge in [-0.1, -0.05) is 18.6 Å². The Bertz CT molecular complexity index is 809. The molecule has 2 bridgehead atoms. The summed E-state index contributed by atoms with van der Waals surface area (Å²) in [5.74, 6) is 0.517. The fraction of sp³-hybridized carbons (Fsp3) is 0.632. The Morgan fingerprint density at radius 2 is 1.96 bits per heavy atom. The third-order valence-corrected chi connectivity index (χ3v) is 8.42. The number of carbonyl (C=O) groups excluding carboxylic acids is 1. The average Bonchev–Trinajstić information content (AvgIpc) is 3.06. The Morgan fingerprint density at radius 1 is 1.23 bits per heavy atom. The summed E-state index contributed by atoms with van der Waals surface area (Å²) in [7, 11) is -2.44. The zero-order valence-electron chi connectivity index (χ0n) is 15.0. The molecule has 26 heavy (non-hydrogen) atoms. The minimum absolute atomic E-state index is 0.219. The highest BCUT2D eigenvalue weighted by Gasteiger charge is 2.55. The van der Waals surface area contributed by atoms with E-state index in [1.807, 2.05) is 4.90 Å². The molecule has 3 saturated carbocycles. The van der Waals surface area contributed by atoms with Crippen molar-refractivity contribution in [1.82, 2.24) is 9.21 Å². The van der Waals surface area contributed by atoms with Crippen molar-refractivity contribution in [2.45, 2.75) is 55.0 Å². The summed E-state index contributed by atoms with van der Waals surface area (Å²) < 4.78 is 40.8. The van der Waals surface area contributed by atoms with Gasteiger partial charge in [-0.25, -0.2) is 12.8 Å². The number of carbonyl (C=O) groups is 1. The number of rotatable bonds is 7. The Morgan fingerprint density at radius 3 is 2.50 bits per heavy atom. The molecule has 0 aromatic heterocycles. The summed E-state index contributed by atoms with van der Waals surface area (Å²) in [5.41, 5.74) is -0.427. The van der Waals surface area contributed by atoms with E-state index in [1.165, 1.54) is 48.8 Å². The molecule has 5 nitrogen and oxygen atoms in total. The molecular weight excluding hydrogens is 355 g/mol. The second-order valence-corrected chi connectivity index (χ2v) is 10.2. The number of hydrogen-bond acceptors (Lipinski definition) is 3. The maximum atomic E-state index is 14.0. The van der Waals surface area contributed by atoms with Gasteiger partial charge in [-0.3, -0.25) is 4.79 Å². The van der Waals surface area contributed by atoms with Crippen LogP contribution in [0.4, 0.5) is 4.39 Å². The molecule has 3 fully saturated rings. The number of sulfonamides is 1. The summed E-state index contributed by atoms with van der Waals surface area (Å²) in [5, 5.41) is 0. The third kappa shape index (κ3) is 2.85. The summed E-state index contributed by atoms with van der Waals surface area (Å²) in [6, 6.07) is 5.66. The van der Waals surface area contributed by atoms with Gasteiger partial charge in [0.2, 0.25) is 16.4 Å². The van der Waals surface area contributed by atoms with Crippen molar-refractivity contribution in [3.05, 3.63) is 30.1 Å². The number of benzene rings is 1. The molecule has 142 valence electrons. The number of halogens is 1. The van der Waals surface area contributed by atoms with E-state index in [4.69, 9.17) is 0 Å². The lowest BCUT2D eigenvalue weighted by atomic mass is 9.93. The average molecular weight is 380 g/mol. The van der Waals surface area contributed by atoms with Crippen molar-refractivity contribution >= 4 is 16.4 Å². The van der Waals surface area contributed by atoms with Gasteiger partial charge in [0.05, 0.1) is 5.54 Å². The smallest absolute Gasteiger partial charge is 0.245 e. The number of likely N-dealkylation sites (N-methyl/N-ethyl adjacent to an activating group) is 1. The lowest BCUT2D eigenvalue weighted by Gasteiger charge is -2.39. The highest BCUT2D eigenvalue weighted by atomic mass is 32.2. The highest BCUT2D eigenvalue weighted by Crippen LogP contribution is 2.52. The van der Waals surface area contributed by atoms with Crippen molar-refractivity contribution in [3.63, 3.8) is 0 Å². The Kier molecular flexibility index (Phi) is 4.34. The Balaban J connectivity index is 1.54. The molecule has 7 heteroatoms. The third-order valence-electron chi connectivity index (χ3n) is 6.59. The second-order valence-electron chi connectivity index (χ2n) is 8.17. The fourth-order valence-corrected chi connectivity index (χ4v) is 6.37. The first-order chi connectivity index (χ1) is 12.4. The van der Waals surface area contributed by atoms with Gasteiger partial charge >= 0.3 is 0 Å². The molecule has 3 aliphatic rings. The van der Waals surface area contributed by atoms with Gasteiger partial charge in [-0.05, 0) is 56.1 Å². The van der Waals surface area contributed by atoms with Crippen molar-refractivity contribution < 1.29 is 17.6 Å². The van der Waals surface area contributed by atoms with Crippen LogP contribution in [0.5, 0.6) is 0 Å². The molecule has 1 aromatic carbocycles. The zero-order chi connectivity index (χ0) is 18.5. The van der Waals surface area contributed by atoms with E-state index < -0.39 is 21.4 Å². The first kappa shape index (κ1) is 17.9. The molecule has 3 atom stereocenters. The fourth-order valence-electron chi connectivity index (χ4n) is 5.06. The van der Waals surface area contributed by atoms with Gasteiger partial charge in [0.1, 0.15) is 10.7 Å². The molecule has 3 aliphatic carbocycles. The van der Waals surface area contributed by atoms with Gasteiger partial charge in [-0.15, -0.1) is 0 Å². The Labute approximate surface area is 154 Å². The van der Waals surface area contributed by atoms with Gasteiger partial charge in [0.15, 0.2) is 0 Å². The molecule has 0 spiro atoms. The van der Waals surface area contributed by atoms with Gasteiger partial charge < -0.3 is 4.90 Å². The van der Waals surface area contributed by atoms with Gasteiger partial charge in [0.25, 0.3) is 0 Å². The predicted octanol–water partition coefficient (Wildman–Crippen LogP) is 2.63. The topological polar surface area (TPSA) is 57.7 Å². The van der Waals surface area contributed by atoms with Gasteiger partial charge in [0, 0.05) is 19.6 Å². The minimum atomic E-state index is -3.92. The highest BCUT2D eigenvalue weighted by molar-refractivity contribution is 7.89. The normalized spacial score (nSPS) is 29.1. The van der Waals surface area contributed by atoms with Crippen LogP contribution < -0.4 is 0 Å². The maximum Gasteiger partial charge on any atom is 0.245 e. The van der Waals surface area contributed by atoms with Crippen LogP contribution in [0.3, 0.4) is 0 Å². The van der Waals surface area contributed by atoms with Gasteiger partial charge in [-0.2, -0.15) is 4.31 Å². The van der Waals surface area contributed by atoms with Crippen molar-refractivity contribution in [1.29, 1.82) is 0 Å². The summed E-state index contributed by atoms with van der Waals surface area (Å²) in [6.07, 6.45) is 7.17. The number of fused-ring (bicyclic) bond motifs is 2. The molecular formula is C19H25FN2O3S. The molecule has 3 unspecified atom stereocenters. The molecule has 4 rings (SSSR count). The SMILES string of the molecule is CN(CC1(N(C=O)C2CC3CCC2C3)CC1)S(=O)(=O)c1ccccc1F. The van der Waals surface area contributed by atoms with Crippen LogP contribution >= 0.6 is 0 Å². The monoisotopic (exact) mass is 380 g/mol. The van der Waals surface area contributed by atoms with Crippen molar-refractivity contribution in [3.8, 4) is 0 Å². The largest absolute Gasteiger partial charge is 0.335 e. The van der Waals surface area contributed by atoms with Crippen molar-refractivity contribution in [2.24, 2.45) is 11.8 Å². The molecule has 0 aliphatic heterocycles. The molecule has 0 radical (unpaired) electrons. The van der Waals surface area contributed by atoms with Crippen LogP contribution in [0.2, 0.25) is 0 Å². The van der Waals surface area contributed by atoms with Crippen molar-refractivity contribution in [2.75, 3.05) is 13.6 Å². The van der Waals surface area contributed by atoms with Crippen LogP contribution in [0, 0.1) is 17.7 Å². The van der Waals surface area contributed by atoms with E-state index in [1.54, 1.807) is 0 Å². The zero-order valence-corrected chi connectivity index (χ0v) is 15.8. The number of hydrogen-bond donors (Lipinski definition) is 0. The van der Waals surface area contributed by atoms with E-state index in [2.05, 4.69) is 0 Å². The molecule has 1 amide bonds. The van der Waals surface area contributed by atoms with E-state index in [9.17, 15) is 17.6 Å². The predicted molar refractivity (Wildman–Crippen MR) is 95.3 cm³/mol. The first-order valence-corrected chi connectivity index (χ1v) is 10.8. The number of amides is 1. The number of nitrogens with zero attached hydrogens (tertiary/aromatic N) is 2. The first-order valence-electron chi connectivity index (χ1n) is 9.32. The van der Waals surface area contributed by atoms with Crippen LogP contribution in [-0.2, 0) is 14.8 Å². The van der Waals surface area contributed by atoms with Crippen LogP contribution in [0.1, 0.15) is 38.5 Å². The standard InChI is InChI=1S/C19H25FN2O3S/c1-21(26(24,25)18-5-3-2-4-16(18)20)12-19(8-9-19)22(13-23)17-11-14-6-7-15(17)10-14/h2-5,13-15,17H,6-12H2,1H3. The molecule has 1 aromatic rings. The van der Waals surface area contributed by atoms with E-state index in [0.29, 0.717) is 11.8 Å². The molecule has 0 heterocycles.